The minimum Gasteiger partial charge on any atom is -0.361 e. The molecule has 0 spiro atoms. The molecule has 4 N–H and O–H groups in total. The number of likely N-dealkylation sites (tertiary alicyclic amines) is 1. The van der Waals surface area contributed by atoms with Gasteiger partial charge in [-0.2, -0.15) is 0 Å². The van der Waals surface area contributed by atoms with Crippen molar-refractivity contribution in [3.05, 3.63) is 71.7 Å². The predicted octanol–water partition coefficient (Wildman–Crippen LogP) is 3.90. The number of nitrogens with two attached hydrogens (primary N) is 1. The molecule has 1 saturated heterocycles. The first kappa shape index (κ1) is 25.7. The number of carbonyl (C=O) groups is 2. The smallest absolute Gasteiger partial charge is 0.245 e. The molecule has 182 valence electrons. The summed E-state index contributed by atoms with van der Waals surface area (Å²) >= 11 is 0. The summed E-state index contributed by atoms with van der Waals surface area (Å²) in [5, 5.41) is 3.56. The first-order valence-corrected chi connectivity index (χ1v) is 11.4. The van der Waals surface area contributed by atoms with Gasteiger partial charge in [-0.15, -0.1) is 12.4 Å². The highest BCUT2D eigenvalue weighted by atomic mass is 35.5. The normalized spacial score (nSPS) is 15.6. The van der Waals surface area contributed by atoms with Crippen molar-refractivity contribution < 1.29 is 14.0 Å². The van der Waals surface area contributed by atoms with Gasteiger partial charge < -0.3 is 20.9 Å². The number of rotatable bonds is 6. The molecule has 8 heteroatoms. The van der Waals surface area contributed by atoms with Gasteiger partial charge in [0.1, 0.15) is 11.9 Å². The number of nitrogens with zero attached hydrogens (tertiary/aromatic N) is 1. The van der Waals surface area contributed by atoms with Crippen LogP contribution in [0.25, 0.3) is 10.9 Å². The lowest BCUT2D eigenvalue weighted by molar-refractivity contribution is -0.138. The summed E-state index contributed by atoms with van der Waals surface area (Å²) in [5.41, 5.74) is 7.71. The quantitative estimate of drug-likeness (QED) is 0.493. The SMILES string of the molecule is CC(C)(N)C(=O)NC(Cc1c[nH]c2ccc(F)cc12)C(=O)N1CCC(c2ccccc2)CC1.Cl. The van der Waals surface area contributed by atoms with E-state index < -0.39 is 17.5 Å². The molecule has 1 unspecified atom stereocenters. The summed E-state index contributed by atoms with van der Waals surface area (Å²) in [6.07, 6.45) is 3.77. The molecule has 1 atom stereocenters. The van der Waals surface area contributed by atoms with Crippen molar-refractivity contribution in [2.24, 2.45) is 5.73 Å². The van der Waals surface area contributed by atoms with Crippen molar-refractivity contribution >= 4 is 35.1 Å². The molecule has 1 aliphatic rings. The average molecular weight is 487 g/mol. The monoisotopic (exact) mass is 486 g/mol. The highest BCUT2D eigenvalue weighted by molar-refractivity contribution is 5.92. The number of fused-ring (bicyclic) bond motifs is 1. The maximum absolute atomic E-state index is 13.8. The van der Waals surface area contributed by atoms with Gasteiger partial charge in [-0.1, -0.05) is 30.3 Å². The van der Waals surface area contributed by atoms with E-state index in [0.717, 1.165) is 23.9 Å². The number of piperidine rings is 1. The Labute approximate surface area is 205 Å². The van der Waals surface area contributed by atoms with Crippen LogP contribution in [-0.2, 0) is 16.0 Å². The second kappa shape index (κ2) is 10.6. The Kier molecular flexibility index (Phi) is 8.00. The Balaban J connectivity index is 0.00000324. The minimum atomic E-state index is -1.12. The maximum Gasteiger partial charge on any atom is 0.245 e. The number of halogens is 2. The zero-order chi connectivity index (χ0) is 23.6. The van der Waals surface area contributed by atoms with Gasteiger partial charge in [0.25, 0.3) is 0 Å². The molecule has 2 aromatic carbocycles. The van der Waals surface area contributed by atoms with E-state index >= 15 is 0 Å². The number of aromatic amines is 1. The maximum atomic E-state index is 13.8. The molecule has 0 bridgehead atoms. The third kappa shape index (κ3) is 5.77. The molecule has 2 amide bonds. The molecule has 0 saturated carbocycles. The largest absolute Gasteiger partial charge is 0.361 e. The van der Waals surface area contributed by atoms with Crippen LogP contribution in [0.3, 0.4) is 0 Å². The van der Waals surface area contributed by atoms with Gasteiger partial charge in [0.2, 0.25) is 11.8 Å². The van der Waals surface area contributed by atoms with Gasteiger partial charge in [0.05, 0.1) is 5.54 Å². The number of hydrogen-bond donors (Lipinski definition) is 3. The van der Waals surface area contributed by atoms with E-state index in [4.69, 9.17) is 5.73 Å². The highest BCUT2D eigenvalue weighted by Gasteiger charge is 2.33. The summed E-state index contributed by atoms with van der Waals surface area (Å²) in [6, 6.07) is 14.1. The molecule has 4 rings (SSSR count). The number of carbonyl (C=O) groups excluding carboxylic acids is 2. The fraction of sp³-hybridized carbons (Fsp3) is 0.385. The number of hydrogen-bond acceptors (Lipinski definition) is 3. The van der Waals surface area contributed by atoms with E-state index in [-0.39, 0.29) is 30.6 Å². The fourth-order valence-corrected chi connectivity index (χ4v) is 4.46. The number of nitrogens with one attached hydrogen (secondary N) is 2. The molecule has 1 aromatic heterocycles. The Morgan fingerprint density at radius 3 is 2.50 bits per heavy atom. The van der Waals surface area contributed by atoms with Crippen molar-refractivity contribution in [2.45, 2.75) is 50.6 Å². The predicted molar refractivity (Wildman–Crippen MR) is 134 cm³/mol. The number of aromatic nitrogens is 1. The van der Waals surface area contributed by atoms with Crippen LogP contribution in [0.2, 0.25) is 0 Å². The van der Waals surface area contributed by atoms with E-state index in [2.05, 4.69) is 22.4 Å². The lowest BCUT2D eigenvalue weighted by Gasteiger charge is -2.35. The zero-order valence-corrected chi connectivity index (χ0v) is 20.3. The molecular formula is C26H32ClFN4O2. The van der Waals surface area contributed by atoms with Gasteiger partial charge in [0.15, 0.2) is 0 Å². The third-order valence-electron chi connectivity index (χ3n) is 6.42. The molecule has 0 aliphatic carbocycles. The molecule has 6 nitrogen and oxygen atoms in total. The van der Waals surface area contributed by atoms with Crippen molar-refractivity contribution in [2.75, 3.05) is 13.1 Å². The number of benzene rings is 2. The first-order valence-electron chi connectivity index (χ1n) is 11.4. The highest BCUT2D eigenvalue weighted by Crippen LogP contribution is 2.28. The van der Waals surface area contributed by atoms with E-state index in [1.807, 2.05) is 23.1 Å². The van der Waals surface area contributed by atoms with Crippen LogP contribution in [-0.4, -0.2) is 46.4 Å². The lowest BCUT2D eigenvalue weighted by atomic mass is 9.89. The molecule has 0 radical (unpaired) electrons. The molecule has 34 heavy (non-hydrogen) atoms. The van der Waals surface area contributed by atoms with Crippen LogP contribution in [0.4, 0.5) is 4.39 Å². The van der Waals surface area contributed by atoms with E-state index in [9.17, 15) is 14.0 Å². The van der Waals surface area contributed by atoms with E-state index in [1.165, 1.54) is 17.7 Å². The Morgan fingerprint density at radius 1 is 1.18 bits per heavy atom. The topological polar surface area (TPSA) is 91.2 Å². The standard InChI is InChI=1S/C26H31FN4O2.ClH/c1-26(2,28)25(33)30-23(14-19-16-29-22-9-8-20(27)15-21(19)22)24(32)31-12-10-18(11-13-31)17-6-4-3-5-7-17;/h3-9,15-16,18,23,29H,10-14,28H2,1-2H3,(H,30,33);1H. The van der Waals surface area contributed by atoms with E-state index in [1.54, 1.807) is 26.1 Å². The summed E-state index contributed by atoms with van der Waals surface area (Å²) in [4.78, 5) is 31.1. The summed E-state index contributed by atoms with van der Waals surface area (Å²) in [7, 11) is 0. The van der Waals surface area contributed by atoms with Crippen LogP contribution >= 0.6 is 12.4 Å². The molecular weight excluding hydrogens is 455 g/mol. The Morgan fingerprint density at radius 2 is 1.85 bits per heavy atom. The second-order valence-electron chi connectivity index (χ2n) is 9.47. The summed E-state index contributed by atoms with van der Waals surface area (Å²) < 4.78 is 13.8. The minimum absolute atomic E-state index is 0. The molecule has 3 aromatic rings. The van der Waals surface area contributed by atoms with Crippen LogP contribution in [0, 0.1) is 5.82 Å². The lowest BCUT2D eigenvalue weighted by Crippen LogP contribution is -2.57. The van der Waals surface area contributed by atoms with Crippen molar-refractivity contribution in [1.29, 1.82) is 0 Å². The van der Waals surface area contributed by atoms with Crippen molar-refractivity contribution in [3.8, 4) is 0 Å². The average Bonchev–Trinajstić information content (AvgIpc) is 3.20. The van der Waals surface area contributed by atoms with Crippen LogP contribution in [0.5, 0.6) is 0 Å². The van der Waals surface area contributed by atoms with Gasteiger partial charge in [-0.25, -0.2) is 4.39 Å². The first-order chi connectivity index (χ1) is 15.7. The van der Waals surface area contributed by atoms with Crippen LogP contribution < -0.4 is 11.1 Å². The molecule has 1 fully saturated rings. The second-order valence-corrected chi connectivity index (χ2v) is 9.47. The number of amides is 2. The number of H-pyrrole nitrogens is 1. The fourth-order valence-electron chi connectivity index (χ4n) is 4.46. The zero-order valence-electron chi connectivity index (χ0n) is 19.5. The Bertz CT molecular complexity index is 1130. The van der Waals surface area contributed by atoms with Gasteiger partial charge in [0, 0.05) is 36.6 Å². The molecule has 1 aliphatic heterocycles. The van der Waals surface area contributed by atoms with Gasteiger partial charge >= 0.3 is 0 Å². The summed E-state index contributed by atoms with van der Waals surface area (Å²) in [6.45, 7) is 4.46. The van der Waals surface area contributed by atoms with Crippen molar-refractivity contribution in [1.82, 2.24) is 15.2 Å². The van der Waals surface area contributed by atoms with Gasteiger partial charge in [-0.3, -0.25) is 9.59 Å². The van der Waals surface area contributed by atoms with Crippen LogP contribution in [0.15, 0.2) is 54.7 Å². The summed E-state index contributed by atoms with van der Waals surface area (Å²) in [5.74, 6) is -0.458. The van der Waals surface area contributed by atoms with Crippen LogP contribution in [0.1, 0.15) is 43.7 Å². The molecule has 2 heterocycles. The van der Waals surface area contributed by atoms with Gasteiger partial charge in [-0.05, 0) is 61.9 Å². The Hall–Kier alpha value is -2.90. The third-order valence-corrected chi connectivity index (χ3v) is 6.42. The van der Waals surface area contributed by atoms with E-state index in [0.29, 0.717) is 24.4 Å². The van der Waals surface area contributed by atoms with Crippen molar-refractivity contribution in [3.63, 3.8) is 0 Å².